The quantitative estimate of drug-likeness (QED) is 0.442. The standard InChI is InChI=1S/C21H27NO9/c1-12(23)22-18-20(30-15(4)26)19(17(29-14(3)25)11-27-13(2)24)31-21(18)28-10-16-8-6-5-7-9-16/h5-9,17-21H,10-11H2,1-4H3,(H,22,23)/t17-,18+,19-,20-,21?/m1/s1. The van der Waals surface area contributed by atoms with Crippen LogP contribution in [0.5, 0.6) is 0 Å². The van der Waals surface area contributed by atoms with Gasteiger partial charge in [-0.15, -0.1) is 0 Å². The van der Waals surface area contributed by atoms with Crippen molar-refractivity contribution < 1.29 is 42.9 Å². The lowest BCUT2D eigenvalue weighted by atomic mass is 10.0. The van der Waals surface area contributed by atoms with E-state index in [1.54, 1.807) is 0 Å². The maximum Gasteiger partial charge on any atom is 0.303 e. The van der Waals surface area contributed by atoms with Gasteiger partial charge in [-0.3, -0.25) is 19.2 Å². The number of ether oxygens (including phenoxy) is 5. The molecule has 1 unspecified atom stereocenters. The Morgan fingerprint density at radius 3 is 2.23 bits per heavy atom. The molecule has 1 aliphatic rings. The molecule has 0 aliphatic carbocycles. The van der Waals surface area contributed by atoms with Crippen LogP contribution in [0.25, 0.3) is 0 Å². The maximum absolute atomic E-state index is 11.8. The van der Waals surface area contributed by atoms with Crippen LogP contribution in [-0.2, 0) is 49.5 Å². The highest BCUT2D eigenvalue weighted by molar-refractivity contribution is 5.73. The number of benzene rings is 1. The van der Waals surface area contributed by atoms with E-state index in [-0.39, 0.29) is 13.2 Å². The monoisotopic (exact) mass is 437 g/mol. The molecule has 5 atom stereocenters. The molecule has 1 fully saturated rings. The molecule has 10 heteroatoms. The van der Waals surface area contributed by atoms with Crippen molar-refractivity contribution in [3.8, 4) is 0 Å². The number of rotatable bonds is 9. The number of carbonyl (C=O) groups excluding carboxylic acids is 4. The maximum atomic E-state index is 11.8. The lowest BCUT2D eigenvalue weighted by molar-refractivity contribution is -0.192. The zero-order valence-electron chi connectivity index (χ0n) is 17.9. The summed E-state index contributed by atoms with van der Waals surface area (Å²) in [7, 11) is 0. The summed E-state index contributed by atoms with van der Waals surface area (Å²) >= 11 is 0. The predicted molar refractivity (Wildman–Crippen MR) is 105 cm³/mol. The summed E-state index contributed by atoms with van der Waals surface area (Å²) in [6.45, 7) is 4.72. The zero-order chi connectivity index (χ0) is 23.0. The Balaban J connectivity index is 2.29. The molecule has 0 aromatic heterocycles. The first-order valence-corrected chi connectivity index (χ1v) is 9.73. The van der Waals surface area contributed by atoms with Crippen LogP contribution >= 0.6 is 0 Å². The molecule has 1 amide bonds. The van der Waals surface area contributed by atoms with Gasteiger partial charge in [0.1, 0.15) is 18.8 Å². The highest BCUT2D eigenvalue weighted by Gasteiger charge is 2.52. The van der Waals surface area contributed by atoms with Gasteiger partial charge in [-0.1, -0.05) is 30.3 Å². The average molecular weight is 437 g/mol. The molecule has 1 aromatic rings. The van der Waals surface area contributed by atoms with Crippen molar-refractivity contribution in [1.29, 1.82) is 0 Å². The van der Waals surface area contributed by atoms with E-state index in [9.17, 15) is 19.2 Å². The molecule has 1 saturated heterocycles. The van der Waals surface area contributed by atoms with Crippen molar-refractivity contribution >= 4 is 23.8 Å². The zero-order valence-corrected chi connectivity index (χ0v) is 17.9. The number of amides is 1. The van der Waals surface area contributed by atoms with E-state index in [2.05, 4.69) is 5.32 Å². The van der Waals surface area contributed by atoms with Gasteiger partial charge in [0, 0.05) is 27.7 Å². The van der Waals surface area contributed by atoms with Crippen molar-refractivity contribution in [2.45, 2.75) is 64.9 Å². The molecule has 1 aliphatic heterocycles. The van der Waals surface area contributed by atoms with Crippen LogP contribution in [0.2, 0.25) is 0 Å². The SMILES string of the molecule is CC(=O)N[C@@H]1C(OCc2ccccc2)O[C@H]([C@@H](COC(C)=O)OC(C)=O)[C@@H]1OC(C)=O. The fourth-order valence-corrected chi connectivity index (χ4v) is 3.20. The Labute approximate surface area is 180 Å². The fraction of sp³-hybridized carbons (Fsp3) is 0.524. The van der Waals surface area contributed by atoms with E-state index in [1.165, 1.54) is 27.7 Å². The van der Waals surface area contributed by atoms with Gasteiger partial charge < -0.3 is 29.0 Å². The number of hydrogen-bond donors (Lipinski definition) is 1. The third-order valence-corrected chi connectivity index (χ3v) is 4.33. The van der Waals surface area contributed by atoms with Crippen LogP contribution in [-0.4, -0.2) is 61.1 Å². The lowest BCUT2D eigenvalue weighted by Crippen LogP contribution is -2.51. The van der Waals surface area contributed by atoms with Gasteiger partial charge in [-0.05, 0) is 5.56 Å². The van der Waals surface area contributed by atoms with E-state index >= 15 is 0 Å². The predicted octanol–water partition coefficient (Wildman–Crippen LogP) is 0.859. The molecule has 10 nitrogen and oxygen atoms in total. The molecule has 0 spiro atoms. The summed E-state index contributed by atoms with van der Waals surface area (Å²) in [6.07, 6.45) is -4.21. The van der Waals surface area contributed by atoms with E-state index in [4.69, 9.17) is 23.7 Å². The summed E-state index contributed by atoms with van der Waals surface area (Å²) in [4.78, 5) is 46.4. The Kier molecular flexibility index (Phi) is 8.95. The third kappa shape index (κ3) is 7.65. The highest BCUT2D eigenvalue weighted by atomic mass is 16.7. The first-order chi connectivity index (χ1) is 14.7. The van der Waals surface area contributed by atoms with Gasteiger partial charge in [0.05, 0.1) is 6.61 Å². The molecule has 31 heavy (non-hydrogen) atoms. The van der Waals surface area contributed by atoms with E-state index in [1.807, 2.05) is 30.3 Å². The Bertz CT molecular complexity index is 782. The minimum Gasteiger partial charge on any atom is -0.462 e. The molecule has 1 aromatic carbocycles. The number of hydrogen-bond acceptors (Lipinski definition) is 9. The Morgan fingerprint density at radius 1 is 1.00 bits per heavy atom. The molecule has 0 radical (unpaired) electrons. The third-order valence-electron chi connectivity index (χ3n) is 4.33. The second-order valence-electron chi connectivity index (χ2n) is 7.02. The molecular weight excluding hydrogens is 410 g/mol. The molecule has 0 saturated carbocycles. The van der Waals surface area contributed by atoms with Crippen molar-refractivity contribution in [3.63, 3.8) is 0 Å². The van der Waals surface area contributed by atoms with Crippen molar-refractivity contribution in [2.24, 2.45) is 0 Å². The van der Waals surface area contributed by atoms with E-state index < -0.39 is 54.5 Å². The van der Waals surface area contributed by atoms with Gasteiger partial charge in [-0.2, -0.15) is 0 Å². The highest BCUT2D eigenvalue weighted by Crippen LogP contribution is 2.30. The van der Waals surface area contributed by atoms with Crippen LogP contribution < -0.4 is 5.32 Å². The number of carbonyl (C=O) groups is 4. The number of nitrogens with one attached hydrogen (secondary N) is 1. The van der Waals surface area contributed by atoms with Crippen molar-refractivity contribution in [3.05, 3.63) is 35.9 Å². The lowest BCUT2D eigenvalue weighted by Gasteiger charge is -2.27. The molecule has 1 heterocycles. The van der Waals surface area contributed by atoms with Crippen LogP contribution in [0.15, 0.2) is 30.3 Å². The summed E-state index contributed by atoms with van der Waals surface area (Å²) in [6, 6.07) is 8.38. The molecular formula is C21H27NO9. The van der Waals surface area contributed by atoms with Crippen LogP contribution in [0.3, 0.4) is 0 Å². The minimum absolute atomic E-state index is 0.156. The topological polar surface area (TPSA) is 126 Å². The van der Waals surface area contributed by atoms with Gasteiger partial charge in [0.25, 0.3) is 0 Å². The fourth-order valence-electron chi connectivity index (χ4n) is 3.20. The molecule has 2 rings (SSSR count). The van der Waals surface area contributed by atoms with E-state index in [0.717, 1.165) is 5.56 Å². The largest absolute Gasteiger partial charge is 0.462 e. The second-order valence-corrected chi connectivity index (χ2v) is 7.02. The van der Waals surface area contributed by atoms with Crippen LogP contribution in [0, 0.1) is 0 Å². The Morgan fingerprint density at radius 2 is 1.68 bits per heavy atom. The summed E-state index contributed by atoms with van der Waals surface area (Å²) < 4.78 is 27.4. The van der Waals surface area contributed by atoms with Crippen LogP contribution in [0.1, 0.15) is 33.3 Å². The number of esters is 3. The van der Waals surface area contributed by atoms with Gasteiger partial charge >= 0.3 is 17.9 Å². The molecule has 170 valence electrons. The first-order valence-electron chi connectivity index (χ1n) is 9.73. The Hall–Kier alpha value is -2.98. The molecule has 1 N–H and O–H groups in total. The first kappa shape index (κ1) is 24.3. The van der Waals surface area contributed by atoms with Gasteiger partial charge in [-0.25, -0.2) is 0 Å². The van der Waals surface area contributed by atoms with Gasteiger partial charge in [0.2, 0.25) is 5.91 Å². The minimum atomic E-state index is -1.09. The smallest absolute Gasteiger partial charge is 0.303 e. The molecule has 0 bridgehead atoms. The van der Waals surface area contributed by atoms with Gasteiger partial charge in [0.15, 0.2) is 18.5 Å². The average Bonchev–Trinajstić information content (AvgIpc) is 3.00. The summed E-state index contributed by atoms with van der Waals surface area (Å²) in [5, 5.41) is 2.67. The summed E-state index contributed by atoms with van der Waals surface area (Å²) in [5.74, 6) is -2.27. The summed E-state index contributed by atoms with van der Waals surface area (Å²) in [5.41, 5.74) is 0.858. The van der Waals surface area contributed by atoms with E-state index in [0.29, 0.717) is 0 Å². The van der Waals surface area contributed by atoms with Crippen LogP contribution in [0.4, 0.5) is 0 Å². The second kappa shape index (κ2) is 11.4. The normalized spacial score (nSPS) is 23.5. The van der Waals surface area contributed by atoms with Crippen molar-refractivity contribution in [2.75, 3.05) is 6.61 Å². The van der Waals surface area contributed by atoms with Crippen molar-refractivity contribution in [1.82, 2.24) is 5.32 Å².